The third kappa shape index (κ3) is 3.96. The van der Waals surface area contributed by atoms with E-state index in [0.29, 0.717) is 11.4 Å². The second kappa shape index (κ2) is 6.60. The molecule has 0 radical (unpaired) electrons. The van der Waals surface area contributed by atoms with Crippen LogP contribution in [0.5, 0.6) is 0 Å². The van der Waals surface area contributed by atoms with E-state index in [2.05, 4.69) is 10.4 Å². The standard InChI is InChI=1S/C14H22N4O3/c1-9-14(15)10(2)18(17-9)7-13(20)21-8-12(19)16-11-5-3-4-6-11/h11H,3-8,15H2,1-2H3,(H,16,19). The van der Waals surface area contributed by atoms with Gasteiger partial charge >= 0.3 is 5.97 Å². The lowest BCUT2D eigenvalue weighted by molar-refractivity contribution is -0.149. The van der Waals surface area contributed by atoms with E-state index in [9.17, 15) is 9.59 Å². The number of esters is 1. The minimum absolute atomic E-state index is 0.0411. The summed E-state index contributed by atoms with van der Waals surface area (Å²) in [6.07, 6.45) is 4.30. The third-order valence-electron chi connectivity index (χ3n) is 3.80. The van der Waals surface area contributed by atoms with Crippen LogP contribution in [0.2, 0.25) is 0 Å². The molecular weight excluding hydrogens is 272 g/mol. The SMILES string of the molecule is Cc1nn(CC(=O)OCC(=O)NC2CCCC2)c(C)c1N. The Labute approximate surface area is 123 Å². The molecule has 0 bridgehead atoms. The first-order valence-corrected chi connectivity index (χ1v) is 7.22. The van der Waals surface area contributed by atoms with Gasteiger partial charge in [0, 0.05) is 6.04 Å². The summed E-state index contributed by atoms with van der Waals surface area (Å²) in [5.74, 6) is -0.745. The topological polar surface area (TPSA) is 99.2 Å². The maximum Gasteiger partial charge on any atom is 0.328 e. The number of nitrogens with one attached hydrogen (secondary N) is 1. The molecule has 0 aliphatic heterocycles. The molecule has 1 amide bonds. The number of anilines is 1. The number of hydrogen-bond donors (Lipinski definition) is 2. The predicted octanol–water partition coefficient (Wildman–Crippen LogP) is 0.684. The van der Waals surface area contributed by atoms with Gasteiger partial charge in [0.05, 0.1) is 17.1 Å². The quantitative estimate of drug-likeness (QED) is 0.778. The number of ether oxygens (including phenoxy) is 1. The van der Waals surface area contributed by atoms with Crippen LogP contribution in [-0.4, -0.2) is 34.3 Å². The summed E-state index contributed by atoms with van der Waals surface area (Å²) in [5, 5.41) is 7.01. The highest BCUT2D eigenvalue weighted by atomic mass is 16.5. The fourth-order valence-electron chi connectivity index (χ4n) is 2.52. The normalized spacial score (nSPS) is 15.1. The number of amides is 1. The van der Waals surface area contributed by atoms with E-state index in [1.807, 2.05) is 0 Å². The number of carbonyl (C=O) groups is 2. The van der Waals surface area contributed by atoms with E-state index in [1.165, 1.54) is 4.68 Å². The van der Waals surface area contributed by atoms with Crippen molar-refractivity contribution < 1.29 is 14.3 Å². The number of aromatic nitrogens is 2. The van der Waals surface area contributed by atoms with Crippen molar-refractivity contribution in [2.75, 3.05) is 12.3 Å². The van der Waals surface area contributed by atoms with E-state index < -0.39 is 5.97 Å². The molecule has 1 saturated carbocycles. The fourth-order valence-corrected chi connectivity index (χ4v) is 2.52. The second-order valence-corrected chi connectivity index (χ2v) is 5.45. The summed E-state index contributed by atoms with van der Waals surface area (Å²) >= 11 is 0. The second-order valence-electron chi connectivity index (χ2n) is 5.45. The highest BCUT2D eigenvalue weighted by Crippen LogP contribution is 2.17. The molecule has 0 atom stereocenters. The molecule has 1 heterocycles. The van der Waals surface area contributed by atoms with Crippen molar-refractivity contribution in [3.8, 4) is 0 Å². The number of aryl methyl sites for hydroxylation is 1. The first-order chi connectivity index (χ1) is 9.97. The first kappa shape index (κ1) is 15.3. The van der Waals surface area contributed by atoms with Gasteiger partial charge < -0.3 is 15.8 Å². The summed E-state index contributed by atoms with van der Waals surface area (Å²) in [5.41, 5.74) is 7.77. The van der Waals surface area contributed by atoms with Crippen molar-refractivity contribution >= 4 is 17.6 Å². The maximum absolute atomic E-state index is 11.7. The smallest absolute Gasteiger partial charge is 0.328 e. The lowest BCUT2D eigenvalue weighted by Gasteiger charge is -2.12. The Kier molecular flexibility index (Phi) is 4.82. The highest BCUT2D eigenvalue weighted by molar-refractivity contribution is 5.80. The summed E-state index contributed by atoms with van der Waals surface area (Å²) in [6, 6.07) is 0.229. The van der Waals surface area contributed by atoms with Crippen molar-refractivity contribution in [3.63, 3.8) is 0 Å². The van der Waals surface area contributed by atoms with Gasteiger partial charge in [0.15, 0.2) is 6.61 Å². The predicted molar refractivity (Wildman–Crippen MR) is 77.5 cm³/mol. The van der Waals surface area contributed by atoms with Crippen LogP contribution in [0.15, 0.2) is 0 Å². The maximum atomic E-state index is 11.7. The number of nitrogen functional groups attached to an aromatic ring is 1. The molecule has 1 fully saturated rings. The molecule has 0 unspecified atom stereocenters. The minimum atomic E-state index is -0.498. The van der Waals surface area contributed by atoms with Crippen LogP contribution in [0.3, 0.4) is 0 Å². The molecular formula is C14H22N4O3. The van der Waals surface area contributed by atoms with Crippen molar-refractivity contribution in [1.29, 1.82) is 0 Å². The Balaban J connectivity index is 1.76. The van der Waals surface area contributed by atoms with Crippen LogP contribution < -0.4 is 11.1 Å². The van der Waals surface area contributed by atoms with Crippen LogP contribution in [0.4, 0.5) is 5.69 Å². The lowest BCUT2D eigenvalue weighted by atomic mass is 10.2. The number of nitrogens with zero attached hydrogens (tertiary/aromatic N) is 2. The van der Waals surface area contributed by atoms with E-state index in [0.717, 1.165) is 31.4 Å². The molecule has 0 saturated heterocycles. The van der Waals surface area contributed by atoms with E-state index in [4.69, 9.17) is 10.5 Å². The molecule has 3 N–H and O–H groups in total. The van der Waals surface area contributed by atoms with E-state index >= 15 is 0 Å². The Morgan fingerprint density at radius 1 is 1.38 bits per heavy atom. The summed E-state index contributed by atoms with van der Waals surface area (Å²) < 4.78 is 6.46. The zero-order valence-corrected chi connectivity index (χ0v) is 12.5. The molecule has 1 aliphatic rings. The van der Waals surface area contributed by atoms with E-state index in [1.54, 1.807) is 13.8 Å². The summed E-state index contributed by atoms with van der Waals surface area (Å²) in [7, 11) is 0. The van der Waals surface area contributed by atoms with Crippen molar-refractivity contribution in [2.24, 2.45) is 0 Å². The average molecular weight is 294 g/mol. The number of rotatable bonds is 5. The minimum Gasteiger partial charge on any atom is -0.454 e. The number of nitrogens with two attached hydrogens (primary N) is 1. The third-order valence-corrected chi connectivity index (χ3v) is 3.80. The highest BCUT2D eigenvalue weighted by Gasteiger charge is 2.18. The molecule has 1 aromatic rings. The monoisotopic (exact) mass is 294 g/mol. The Hall–Kier alpha value is -2.05. The van der Waals surface area contributed by atoms with Gasteiger partial charge in [0.25, 0.3) is 5.91 Å². The van der Waals surface area contributed by atoms with Crippen molar-refractivity contribution in [3.05, 3.63) is 11.4 Å². The molecule has 1 aromatic heterocycles. The largest absolute Gasteiger partial charge is 0.454 e. The number of carbonyl (C=O) groups excluding carboxylic acids is 2. The van der Waals surface area contributed by atoms with Gasteiger partial charge in [-0.25, -0.2) is 0 Å². The average Bonchev–Trinajstić information content (AvgIpc) is 3.02. The van der Waals surface area contributed by atoms with Gasteiger partial charge in [-0.2, -0.15) is 5.10 Å². The van der Waals surface area contributed by atoms with Crippen molar-refractivity contribution in [1.82, 2.24) is 15.1 Å². The molecule has 7 nitrogen and oxygen atoms in total. The van der Waals surface area contributed by atoms with Crippen molar-refractivity contribution in [2.45, 2.75) is 52.1 Å². The van der Waals surface area contributed by atoms with Crippen LogP contribution in [0.25, 0.3) is 0 Å². The molecule has 21 heavy (non-hydrogen) atoms. The van der Waals surface area contributed by atoms with E-state index in [-0.39, 0.29) is 25.1 Å². The van der Waals surface area contributed by atoms with Gasteiger partial charge in [0.2, 0.25) is 0 Å². The Bertz CT molecular complexity index is 533. The lowest BCUT2D eigenvalue weighted by Crippen LogP contribution is -2.36. The molecule has 0 spiro atoms. The Morgan fingerprint density at radius 3 is 2.62 bits per heavy atom. The van der Waals surface area contributed by atoms with Crippen LogP contribution in [-0.2, 0) is 20.9 Å². The molecule has 2 rings (SSSR count). The number of hydrogen-bond acceptors (Lipinski definition) is 5. The summed E-state index contributed by atoms with van der Waals surface area (Å²) in [4.78, 5) is 23.4. The van der Waals surface area contributed by atoms with Gasteiger partial charge in [-0.15, -0.1) is 0 Å². The fraction of sp³-hybridized carbons (Fsp3) is 0.643. The molecule has 1 aliphatic carbocycles. The van der Waals surface area contributed by atoms with Gasteiger partial charge in [-0.1, -0.05) is 12.8 Å². The molecule has 0 aromatic carbocycles. The molecule has 116 valence electrons. The molecule has 7 heteroatoms. The Morgan fingerprint density at radius 2 is 2.05 bits per heavy atom. The summed E-state index contributed by atoms with van der Waals surface area (Å²) in [6.45, 7) is 3.28. The van der Waals surface area contributed by atoms with Gasteiger partial charge in [-0.05, 0) is 26.7 Å². The van der Waals surface area contributed by atoms with Gasteiger partial charge in [-0.3, -0.25) is 14.3 Å². The van der Waals surface area contributed by atoms with Gasteiger partial charge in [0.1, 0.15) is 6.54 Å². The van der Waals surface area contributed by atoms with Crippen LogP contribution in [0.1, 0.15) is 37.1 Å². The first-order valence-electron chi connectivity index (χ1n) is 7.22. The zero-order chi connectivity index (χ0) is 15.4. The van der Waals surface area contributed by atoms with Crippen LogP contribution in [0, 0.1) is 13.8 Å². The zero-order valence-electron chi connectivity index (χ0n) is 12.5. The van der Waals surface area contributed by atoms with Crippen LogP contribution >= 0.6 is 0 Å².